The topological polar surface area (TPSA) is 64.9 Å². The Balaban J connectivity index is 2.98. The number of allylic oxidation sites excluding steroid dienone is 1. The molecule has 3 heteroatoms. The lowest BCUT2D eigenvalue weighted by Crippen LogP contribution is -1.97. The van der Waals surface area contributed by atoms with E-state index in [-0.39, 0.29) is 0 Å². The first-order chi connectivity index (χ1) is 5.22. The number of nitrogen functional groups attached to an aromatic ring is 2. The van der Waals surface area contributed by atoms with Gasteiger partial charge >= 0.3 is 0 Å². The fourth-order valence-electron chi connectivity index (χ4n) is 0.920. The monoisotopic (exact) mass is 149 g/mol. The molecule has 0 spiro atoms. The zero-order valence-electron chi connectivity index (χ0n) is 6.25. The van der Waals surface area contributed by atoms with Crippen molar-refractivity contribution in [2.24, 2.45) is 0 Å². The van der Waals surface area contributed by atoms with Crippen LogP contribution in [0.1, 0.15) is 5.56 Å². The Bertz CT molecular complexity index is 248. The molecule has 58 valence electrons. The van der Waals surface area contributed by atoms with Crippen molar-refractivity contribution in [3.05, 3.63) is 30.4 Å². The fraction of sp³-hybridized carbons (Fsp3) is 0.125. The Morgan fingerprint density at radius 1 is 1.36 bits per heavy atom. The molecule has 0 amide bonds. The molecule has 1 aromatic rings. The van der Waals surface area contributed by atoms with E-state index in [0.717, 1.165) is 12.0 Å². The Hall–Kier alpha value is -1.51. The molecule has 3 nitrogen and oxygen atoms in total. The molecule has 0 aromatic carbocycles. The smallest absolute Gasteiger partial charge is 0.126 e. The first-order valence-electron chi connectivity index (χ1n) is 3.35. The molecule has 0 aliphatic rings. The van der Waals surface area contributed by atoms with Gasteiger partial charge in [-0.05, 0) is 24.1 Å². The minimum Gasteiger partial charge on any atom is -0.384 e. The zero-order valence-corrected chi connectivity index (χ0v) is 6.25. The summed E-state index contributed by atoms with van der Waals surface area (Å²) in [5, 5.41) is 0. The lowest BCUT2D eigenvalue weighted by molar-refractivity contribution is 1.23. The highest BCUT2D eigenvalue weighted by Crippen LogP contribution is 2.09. The second-order valence-corrected chi connectivity index (χ2v) is 2.32. The van der Waals surface area contributed by atoms with Crippen LogP contribution in [0, 0.1) is 0 Å². The molecule has 1 rings (SSSR count). The second-order valence-electron chi connectivity index (χ2n) is 2.32. The van der Waals surface area contributed by atoms with Gasteiger partial charge in [0.25, 0.3) is 0 Å². The quantitative estimate of drug-likeness (QED) is 0.616. The van der Waals surface area contributed by atoms with E-state index < -0.39 is 0 Å². The van der Waals surface area contributed by atoms with E-state index in [1.54, 1.807) is 18.2 Å². The number of nitrogens with zero attached hydrogens (tertiary/aromatic N) is 1. The Morgan fingerprint density at radius 2 is 1.91 bits per heavy atom. The molecule has 0 aliphatic heterocycles. The first kappa shape index (κ1) is 7.60. The van der Waals surface area contributed by atoms with E-state index in [1.165, 1.54) is 0 Å². The number of anilines is 2. The van der Waals surface area contributed by atoms with Crippen LogP contribution in [0.4, 0.5) is 11.6 Å². The van der Waals surface area contributed by atoms with Crippen molar-refractivity contribution in [3.63, 3.8) is 0 Å². The maximum Gasteiger partial charge on any atom is 0.126 e. The number of hydrogen-bond acceptors (Lipinski definition) is 3. The Kier molecular flexibility index (Phi) is 2.11. The van der Waals surface area contributed by atoms with Crippen LogP contribution >= 0.6 is 0 Å². The highest BCUT2D eigenvalue weighted by molar-refractivity contribution is 5.43. The average Bonchev–Trinajstić information content (AvgIpc) is 1.85. The van der Waals surface area contributed by atoms with Gasteiger partial charge in [0, 0.05) is 0 Å². The van der Waals surface area contributed by atoms with Crippen molar-refractivity contribution >= 4 is 11.6 Å². The molecule has 0 unspecified atom stereocenters. The third-order valence-electron chi connectivity index (χ3n) is 1.30. The van der Waals surface area contributed by atoms with Crippen molar-refractivity contribution in [1.29, 1.82) is 0 Å². The van der Waals surface area contributed by atoms with Crippen LogP contribution < -0.4 is 11.5 Å². The van der Waals surface area contributed by atoms with Gasteiger partial charge < -0.3 is 11.5 Å². The van der Waals surface area contributed by atoms with E-state index in [1.807, 2.05) is 0 Å². The largest absolute Gasteiger partial charge is 0.384 e. The summed E-state index contributed by atoms with van der Waals surface area (Å²) in [6.07, 6.45) is 2.57. The van der Waals surface area contributed by atoms with Gasteiger partial charge in [0.2, 0.25) is 0 Å². The molecule has 0 fully saturated rings. The molecule has 0 saturated heterocycles. The lowest BCUT2D eigenvalue weighted by Gasteiger charge is -1.99. The molecule has 0 aliphatic carbocycles. The third kappa shape index (κ3) is 1.97. The van der Waals surface area contributed by atoms with Gasteiger partial charge in [0.1, 0.15) is 11.6 Å². The number of rotatable bonds is 2. The molecule has 1 heterocycles. The van der Waals surface area contributed by atoms with Crippen molar-refractivity contribution < 1.29 is 0 Å². The summed E-state index contributed by atoms with van der Waals surface area (Å²) in [4.78, 5) is 3.84. The molecule has 0 atom stereocenters. The molecule has 1 aromatic heterocycles. The molecule has 0 radical (unpaired) electrons. The van der Waals surface area contributed by atoms with E-state index in [4.69, 9.17) is 11.5 Å². The predicted molar refractivity (Wildman–Crippen MR) is 47.0 cm³/mol. The van der Waals surface area contributed by atoms with Gasteiger partial charge in [-0.1, -0.05) is 6.08 Å². The summed E-state index contributed by atoms with van der Waals surface area (Å²) < 4.78 is 0. The summed E-state index contributed by atoms with van der Waals surface area (Å²) in [7, 11) is 0. The van der Waals surface area contributed by atoms with Gasteiger partial charge in [0.15, 0.2) is 0 Å². The molecular formula is C8H11N3. The van der Waals surface area contributed by atoms with Gasteiger partial charge in [-0.2, -0.15) is 0 Å². The summed E-state index contributed by atoms with van der Waals surface area (Å²) in [6, 6.07) is 3.58. The van der Waals surface area contributed by atoms with E-state index in [9.17, 15) is 0 Å². The van der Waals surface area contributed by atoms with Crippen molar-refractivity contribution in [3.8, 4) is 0 Å². The highest BCUT2D eigenvalue weighted by atomic mass is 14.9. The van der Waals surface area contributed by atoms with Gasteiger partial charge in [0.05, 0.1) is 0 Å². The minimum absolute atomic E-state index is 0.460. The van der Waals surface area contributed by atoms with Gasteiger partial charge in [-0.25, -0.2) is 4.98 Å². The SMILES string of the molecule is C=CCc1cc(N)nc(N)c1. The molecule has 0 bridgehead atoms. The number of nitrogens with two attached hydrogens (primary N) is 2. The second kappa shape index (κ2) is 3.05. The van der Waals surface area contributed by atoms with Crippen molar-refractivity contribution in [1.82, 2.24) is 4.98 Å². The van der Waals surface area contributed by atoms with E-state index in [2.05, 4.69) is 11.6 Å². The lowest BCUT2D eigenvalue weighted by atomic mass is 10.2. The number of aromatic nitrogens is 1. The maximum absolute atomic E-state index is 5.46. The van der Waals surface area contributed by atoms with Gasteiger partial charge in [-0.3, -0.25) is 0 Å². The average molecular weight is 149 g/mol. The standard InChI is InChI=1S/C8H11N3/c1-2-3-6-4-7(9)11-8(10)5-6/h2,4-5H,1,3H2,(H4,9,10,11). The molecule has 4 N–H and O–H groups in total. The van der Waals surface area contributed by atoms with E-state index >= 15 is 0 Å². The van der Waals surface area contributed by atoms with Crippen LogP contribution in [0.3, 0.4) is 0 Å². The zero-order chi connectivity index (χ0) is 8.27. The Morgan fingerprint density at radius 3 is 2.36 bits per heavy atom. The normalized spacial score (nSPS) is 9.45. The van der Waals surface area contributed by atoms with Crippen LogP contribution in [-0.4, -0.2) is 4.98 Å². The van der Waals surface area contributed by atoms with Crippen LogP contribution in [0.5, 0.6) is 0 Å². The summed E-state index contributed by atoms with van der Waals surface area (Å²) in [5.74, 6) is 0.920. The van der Waals surface area contributed by atoms with Crippen molar-refractivity contribution in [2.75, 3.05) is 11.5 Å². The summed E-state index contributed by atoms with van der Waals surface area (Å²) >= 11 is 0. The summed E-state index contributed by atoms with van der Waals surface area (Å²) in [6.45, 7) is 3.61. The number of hydrogen-bond donors (Lipinski definition) is 2. The fourth-order valence-corrected chi connectivity index (χ4v) is 0.920. The number of pyridine rings is 1. The van der Waals surface area contributed by atoms with Crippen LogP contribution in [-0.2, 0) is 6.42 Å². The third-order valence-corrected chi connectivity index (χ3v) is 1.30. The first-order valence-corrected chi connectivity index (χ1v) is 3.35. The summed E-state index contributed by atoms with van der Waals surface area (Å²) in [5.41, 5.74) is 12.0. The van der Waals surface area contributed by atoms with Gasteiger partial charge in [-0.15, -0.1) is 6.58 Å². The predicted octanol–water partition coefficient (Wildman–Crippen LogP) is 0.974. The molecule has 11 heavy (non-hydrogen) atoms. The molecular weight excluding hydrogens is 138 g/mol. The molecule has 0 saturated carbocycles. The Labute approximate surface area is 65.7 Å². The van der Waals surface area contributed by atoms with Crippen molar-refractivity contribution in [2.45, 2.75) is 6.42 Å². The van der Waals surface area contributed by atoms with Crippen LogP contribution in [0.2, 0.25) is 0 Å². The van der Waals surface area contributed by atoms with Crippen LogP contribution in [0.25, 0.3) is 0 Å². The van der Waals surface area contributed by atoms with Crippen LogP contribution in [0.15, 0.2) is 24.8 Å². The minimum atomic E-state index is 0.460. The van der Waals surface area contributed by atoms with E-state index in [0.29, 0.717) is 11.6 Å². The highest BCUT2D eigenvalue weighted by Gasteiger charge is 1.94. The maximum atomic E-state index is 5.46.